The average Bonchev–Trinajstić information content (AvgIpc) is 2.77. The average molecular weight is 334 g/mol. The third-order valence-corrected chi connectivity index (χ3v) is 5.18. The van der Waals surface area contributed by atoms with Crippen molar-refractivity contribution in [2.75, 3.05) is 6.61 Å². The van der Waals surface area contributed by atoms with E-state index in [1.54, 1.807) is 13.0 Å². The number of alkyl carbamates (subject to hydrolysis) is 1. The Morgan fingerprint density at radius 3 is 2.54 bits per heavy atom. The maximum atomic E-state index is 13.3. The lowest BCUT2D eigenvalue weighted by Crippen LogP contribution is -2.55. The van der Waals surface area contributed by atoms with Crippen LogP contribution in [0.5, 0.6) is 0 Å². The number of hydrogen-bond donors (Lipinski definition) is 2. The Balaban J connectivity index is 1.70. The van der Waals surface area contributed by atoms with Gasteiger partial charge in [-0.1, -0.05) is 6.07 Å². The van der Waals surface area contributed by atoms with Gasteiger partial charge in [0, 0.05) is 16.6 Å². The summed E-state index contributed by atoms with van der Waals surface area (Å²) in [5.74, 6) is -0.683. The van der Waals surface area contributed by atoms with E-state index in [4.69, 9.17) is 4.74 Å². The normalized spacial score (nSPS) is 28.2. The molecule has 1 aromatic carbocycles. The molecule has 2 amide bonds. The topological polar surface area (TPSA) is 67.4 Å². The first kappa shape index (κ1) is 16.7. The Bertz CT molecular complexity index is 651. The van der Waals surface area contributed by atoms with Gasteiger partial charge in [0.1, 0.15) is 5.82 Å². The first-order valence-corrected chi connectivity index (χ1v) is 8.49. The maximum absolute atomic E-state index is 13.3. The van der Waals surface area contributed by atoms with Gasteiger partial charge in [0.25, 0.3) is 5.91 Å². The molecule has 0 aliphatic heterocycles. The Kier molecular flexibility index (Phi) is 4.47. The summed E-state index contributed by atoms with van der Waals surface area (Å²) in [7, 11) is 0. The fraction of sp³-hybridized carbons (Fsp3) is 0.556. The van der Waals surface area contributed by atoms with Gasteiger partial charge in [0.05, 0.1) is 6.61 Å². The molecule has 0 heterocycles. The number of nitrogens with one attached hydrogen (secondary N) is 2. The highest BCUT2D eigenvalue weighted by molar-refractivity contribution is 5.94. The van der Waals surface area contributed by atoms with Crippen molar-refractivity contribution >= 4 is 12.0 Å². The fourth-order valence-electron chi connectivity index (χ4n) is 4.16. The SMILES string of the molecule is CCOC(=O)NC12CCCC(NC(=O)c3cccc(F)c3)(CC1)C2. The van der Waals surface area contributed by atoms with Crippen LogP contribution in [0.2, 0.25) is 0 Å². The summed E-state index contributed by atoms with van der Waals surface area (Å²) in [6, 6.07) is 5.70. The molecule has 2 bridgehead atoms. The van der Waals surface area contributed by atoms with Crippen LogP contribution in [0.15, 0.2) is 24.3 Å². The highest BCUT2D eigenvalue weighted by Gasteiger charge is 2.52. The summed E-state index contributed by atoms with van der Waals surface area (Å²) in [5.41, 5.74) is -0.313. The Hall–Kier alpha value is -2.11. The van der Waals surface area contributed by atoms with E-state index in [0.29, 0.717) is 18.6 Å². The van der Waals surface area contributed by atoms with E-state index in [1.165, 1.54) is 18.2 Å². The minimum Gasteiger partial charge on any atom is -0.450 e. The van der Waals surface area contributed by atoms with E-state index in [2.05, 4.69) is 10.6 Å². The monoisotopic (exact) mass is 334 g/mol. The summed E-state index contributed by atoms with van der Waals surface area (Å²) >= 11 is 0. The number of hydrogen-bond acceptors (Lipinski definition) is 3. The quantitative estimate of drug-likeness (QED) is 0.889. The van der Waals surface area contributed by atoms with Crippen LogP contribution in [0.3, 0.4) is 0 Å². The molecule has 2 atom stereocenters. The number of carbonyl (C=O) groups is 2. The number of halogens is 1. The van der Waals surface area contributed by atoms with Gasteiger partial charge < -0.3 is 15.4 Å². The molecule has 0 aromatic heterocycles. The molecule has 5 nitrogen and oxygen atoms in total. The van der Waals surface area contributed by atoms with E-state index in [0.717, 1.165) is 32.1 Å². The highest BCUT2D eigenvalue weighted by Crippen LogP contribution is 2.48. The minimum absolute atomic E-state index is 0.261. The molecule has 130 valence electrons. The second-order valence-corrected chi connectivity index (χ2v) is 6.90. The van der Waals surface area contributed by atoms with Gasteiger partial charge in [-0.25, -0.2) is 9.18 Å². The molecular formula is C18H23FN2O3. The van der Waals surface area contributed by atoms with Crippen LogP contribution in [0.4, 0.5) is 9.18 Å². The third-order valence-electron chi connectivity index (χ3n) is 5.18. The van der Waals surface area contributed by atoms with Gasteiger partial charge in [-0.2, -0.15) is 0 Å². The molecule has 2 fully saturated rings. The standard InChI is InChI=1S/C18H23FN2O3/c1-2-24-16(23)21-18-8-4-7-17(12-18,9-10-18)20-15(22)13-5-3-6-14(19)11-13/h3,5-6,11H,2,4,7-10,12H2,1H3,(H,20,22)(H,21,23). The Morgan fingerprint density at radius 2 is 1.88 bits per heavy atom. The first-order valence-electron chi connectivity index (χ1n) is 8.49. The van der Waals surface area contributed by atoms with Crippen LogP contribution in [-0.4, -0.2) is 29.7 Å². The molecule has 2 saturated carbocycles. The summed E-state index contributed by atoms with van der Waals surface area (Å²) in [5, 5.41) is 6.10. The zero-order chi connectivity index (χ0) is 17.2. The first-order chi connectivity index (χ1) is 11.5. The number of amides is 2. The van der Waals surface area contributed by atoms with E-state index in [1.807, 2.05) is 0 Å². The summed E-state index contributed by atoms with van der Waals surface area (Å²) < 4.78 is 18.3. The molecule has 2 unspecified atom stereocenters. The number of benzene rings is 1. The van der Waals surface area contributed by atoms with Crippen molar-refractivity contribution in [3.8, 4) is 0 Å². The van der Waals surface area contributed by atoms with Gasteiger partial charge in [-0.3, -0.25) is 4.79 Å². The molecule has 3 rings (SSSR count). The summed E-state index contributed by atoms with van der Waals surface area (Å²) in [6.07, 6.45) is 4.61. The Morgan fingerprint density at radius 1 is 1.17 bits per heavy atom. The largest absolute Gasteiger partial charge is 0.450 e. The predicted molar refractivity (Wildman–Crippen MR) is 87.2 cm³/mol. The fourth-order valence-corrected chi connectivity index (χ4v) is 4.16. The lowest BCUT2D eigenvalue weighted by atomic mass is 9.78. The second-order valence-electron chi connectivity index (χ2n) is 6.90. The third kappa shape index (κ3) is 3.37. The molecule has 1 aromatic rings. The van der Waals surface area contributed by atoms with Crippen LogP contribution < -0.4 is 10.6 Å². The van der Waals surface area contributed by atoms with E-state index in [9.17, 15) is 14.0 Å². The van der Waals surface area contributed by atoms with Gasteiger partial charge in [-0.15, -0.1) is 0 Å². The molecule has 2 aliphatic carbocycles. The highest BCUT2D eigenvalue weighted by atomic mass is 19.1. The maximum Gasteiger partial charge on any atom is 0.407 e. The molecule has 0 saturated heterocycles. The van der Waals surface area contributed by atoms with Crippen molar-refractivity contribution in [3.63, 3.8) is 0 Å². The molecule has 6 heteroatoms. The second kappa shape index (κ2) is 6.42. The zero-order valence-corrected chi connectivity index (χ0v) is 13.9. The van der Waals surface area contributed by atoms with Crippen molar-refractivity contribution in [1.29, 1.82) is 0 Å². The van der Waals surface area contributed by atoms with Crippen molar-refractivity contribution < 1.29 is 18.7 Å². The van der Waals surface area contributed by atoms with Crippen LogP contribution in [0.25, 0.3) is 0 Å². The molecular weight excluding hydrogens is 311 g/mol. The van der Waals surface area contributed by atoms with E-state index < -0.39 is 11.9 Å². The number of carbonyl (C=O) groups excluding carboxylic acids is 2. The van der Waals surface area contributed by atoms with Gasteiger partial charge in [0.15, 0.2) is 0 Å². The molecule has 0 spiro atoms. The van der Waals surface area contributed by atoms with Gasteiger partial charge >= 0.3 is 6.09 Å². The van der Waals surface area contributed by atoms with Gasteiger partial charge in [0.2, 0.25) is 0 Å². The number of rotatable bonds is 4. The zero-order valence-electron chi connectivity index (χ0n) is 13.9. The number of fused-ring (bicyclic) bond motifs is 2. The van der Waals surface area contributed by atoms with Crippen LogP contribution in [0.1, 0.15) is 55.8 Å². The van der Waals surface area contributed by atoms with Crippen molar-refractivity contribution in [2.24, 2.45) is 0 Å². The van der Waals surface area contributed by atoms with Crippen LogP contribution in [-0.2, 0) is 4.74 Å². The summed E-state index contributed by atoms with van der Waals surface area (Å²) in [6.45, 7) is 2.11. The van der Waals surface area contributed by atoms with E-state index in [-0.39, 0.29) is 17.0 Å². The van der Waals surface area contributed by atoms with E-state index >= 15 is 0 Å². The Labute approximate surface area is 141 Å². The van der Waals surface area contributed by atoms with Crippen molar-refractivity contribution in [2.45, 2.75) is 56.5 Å². The molecule has 24 heavy (non-hydrogen) atoms. The smallest absolute Gasteiger partial charge is 0.407 e. The molecule has 2 N–H and O–H groups in total. The van der Waals surface area contributed by atoms with Crippen molar-refractivity contribution in [3.05, 3.63) is 35.6 Å². The van der Waals surface area contributed by atoms with Crippen LogP contribution >= 0.6 is 0 Å². The predicted octanol–water partition coefficient (Wildman–Crippen LogP) is 3.15. The number of ether oxygens (including phenoxy) is 1. The summed E-state index contributed by atoms with van der Waals surface area (Å²) in [4.78, 5) is 24.3. The van der Waals surface area contributed by atoms with Gasteiger partial charge in [-0.05, 0) is 63.6 Å². The van der Waals surface area contributed by atoms with Crippen molar-refractivity contribution in [1.82, 2.24) is 10.6 Å². The van der Waals surface area contributed by atoms with Crippen LogP contribution in [0, 0.1) is 5.82 Å². The lowest BCUT2D eigenvalue weighted by Gasteiger charge is -2.40. The lowest BCUT2D eigenvalue weighted by molar-refractivity contribution is 0.0864. The molecule has 0 radical (unpaired) electrons. The minimum atomic E-state index is -0.423. The molecule has 2 aliphatic rings.